The number of phosphoric ester groups is 2. The predicted octanol–water partition coefficient (Wildman–Crippen LogP) is 19.4. The van der Waals surface area contributed by atoms with E-state index < -0.39 is 97.5 Å². The summed E-state index contributed by atoms with van der Waals surface area (Å²) < 4.78 is 68.2. The van der Waals surface area contributed by atoms with Gasteiger partial charge in [0.2, 0.25) is 0 Å². The lowest BCUT2D eigenvalue weighted by Gasteiger charge is -2.21. The molecule has 0 aromatic carbocycles. The number of ether oxygens (including phenoxy) is 4. The van der Waals surface area contributed by atoms with E-state index in [0.717, 1.165) is 121 Å². The number of hydrogen-bond donors (Lipinski definition) is 3. The Hall–Kier alpha value is -2.46. The minimum Gasteiger partial charge on any atom is -0.462 e. The number of aliphatic hydroxyl groups excluding tert-OH is 1. The van der Waals surface area contributed by atoms with E-state index >= 15 is 0 Å². The van der Waals surface area contributed by atoms with Gasteiger partial charge in [0.1, 0.15) is 19.3 Å². The molecule has 0 heterocycles. The largest absolute Gasteiger partial charge is 0.472 e. The Morgan fingerprint density at radius 2 is 0.663 bits per heavy atom. The molecule has 0 radical (unpaired) electrons. The number of unbranched alkanes of at least 4 members (excludes halogenated alkanes) is 30. The monoisotopic (exact) mass is 1310 g/mol. The van der Waals surface area contributed by atoms with Crippen molar-refractivity contribution in [1.82, 2.24) is 0 Å². The summed E-state index contributed by atoms with van der Waals surface area (Å²) in [6.07, 6.45) is 46.8. The Morgan fingerprint density at radius 1 is 0.371 bits per heavy atom. The smallest absolute Gasteiger partial charge is 0.462 e. The van der Waals surface area contributed by atoms with E-state index in [1.165, 1.54) is 116 Å². The number of carbonyl (C=O) groups excluding carboxylic acids is 4. The zero-order valence-corrected chi connectivity index (χ0v) is 59.2. The number of phosphoric acid groups is 2. The zero-order chi connectivity index (χ0) is 65.9. The molecule has 4 unspecified atom stereocenters. The van der Waals surface area contributed by atoms with Crippen molar-refractivity contribution >= 4 is 39.5 Å². The SMILES string of the molecule is CCCCCC/C=C\C=C/CCCCCCCC(=O)OC[C@H](COP(=O)(O)OCC(O)COP(=O)(O)OC[C@@H](COC(=O)CCCCCCCCCCC(C)C)OC(=O)CCCCCCCCCCCCC(C)CC)OC(=O)CCCCCCCCC(C)C. The highest BCUT2D eigenvalue weighted by Crippen LogP contribution is 2.45. The average molecular weight is 1310 g/mol. The number of allylic oxidation sites excluding steroid dienone is 4. The Kier molecular flexibility index (Phi) is 58.8. The van der Waals surface area contributed by atoms with Gasteiger partial charge >= 0.3 is 39.5 Å². The molecule has 0 spiro atoms. The van der Waals surface area contributed by atoms with Gasteiger partial charge in [-0.3, -0.25) is 37.3 Å². The van der Waals surface area contributed by atoms with Crippen LogP contribution in [0.5, 0.6) is 0 Å². The van der Waals surface area contributed by atoms with Crippen molar-refractivity contribution in [3.05, 3.63) is 24.3 Å². The Morgan fingerprint density at radius 3 is 1.00 bits per heavy atom. The summed E-state index contributed by atoms with van der Waals surface area (Å²) >= 11 is 0. The second-order valence-corrected chi connectivity index (χ2v) is 28.7. The van der Waals surface area contributed by atoms with Crippen molar-refractivity contribution < 1.29 is 80.2 Å². The van der Waals surface area contributed by atoms with Crippen molar-refractivity contribution in [3.8, 4) is 0 Å². The normalized spacial score (nSPS) is 14.7. The first-order chi connectivity index (χ1) is 42.8. The van der Waals surface area contributed by atoms with Gasteiger partial charge in [-0.25, -0.2) is 9.13 Å². The molecule has 0 saturated carbocycles. The van der Waals surface area contributed by atoms with Crippen molar-refractivity contribution in [2.24, 2.45) is 17.8 Å². The first-order valence-corrected chi connectivity index (χ1v) is 38.7. The van der Waals surface area contributed by atoms with E-state index in [1.54, 1.807) is 0 Å². The van der Waals surface area contributed by atoms with Crippen LogP contribution in [0.15, 0.2) is 24.3 Å². The summed E-state index contributed by atoms with van der Waals surface area (Å²) in [7, 11) is -9.91. The van der Waals surface area contributed by atoms with E-state index in [1.807, 2.05) is 0 Å². The van der Waals surface area contributed by atoms with Gasteiger partial charge in [-0.2, -0.15) is 0 Å². The lowest BCUT2D eigenvalue weighted by molar-refractivity contribution is -0.161. The van der Waals surface area contributed by atoms with Crippen LogP contribution >= 0.6 is 15.6 Å². The summed E-state index contributed by atoms with van der Waals surface area (Å²) in [5.74, 6) is 0.0297. The maximum Gasteiger partial charge on any atom is 0.472 e. The predicted molar refractivity (Wildman–Crippen MR) is 358 cm³/mol. The summed E-state index contributed by atoms with van der Waals surface area (Å²) in [4.78, 5) is 72.5. The van der Waals surface area contributed by atoms with Crippen LogP contribution in [0.1, 0.15) is 325 Å². The fourth-order valence-electron chi connectivity index (χ4n) is 9.97. The number of hydrogen-bond acceptors (Lipinski definition) is 15. The molecular weight excluding hydrogens is 1170 g/mol. The van der Waals surface area contributed by atoms with Crippen LogP contribution in [0.3, 0.4) is 0 Å². The fraction of sp³-hybridized carbons (Fsp3) is 0.886. The molecule has 0 aliphatic rings. The Balaban J connectivity index is 5.26. The number of rotatable bonds is 66. The van der Waals surface area contributed by atoms with Gasteiger partial charge in [0.25, 0.3) is 0 Å². The molecule has 0 rings (SSSR count). The molecule has 3 N–H and O–H groups in total. The molecule has 0 bridgehead atoms. The van der Waals surface area contributed by atoms with Crippen LogP contribution in [0.4, 0.5) is 0 Å². The lowest BCUT2D eigenvalue weighted by atomic mass is 9.99. The maximum absolute atomic E-state index is 13.0. The van der Waals surface area contributed by atoms with E-state index in [4.69, 9.17) is 37.0 Å². The summed E-state index contributed by atoms with van der Waals surface area (Å²) in [5.41, 5.74) is 0. The topological polar surface area (TPSA) is 237 Å². The van der Waals surface area contributed by atoms with Crippen molar-refractivity contribution in [1.29, 1.82) is 0 Å². The molecule has 524 valence electrons. The molecule has 0 saturated heterocycles. The average Bonchev–Trinajstić information content (AvgIpc) is 3.71. The quantitative estimate of drug-likeness (QED) is 0.0169. The highest BCUT2D eigenvalue weighted by molar-refractivity contribution is 7.47. The number of esters is 4. The molecule has 0 aliphatic carbocycles. The maximum atomic E-state index is 13.0. The molecule has 0 aromatic rings. The molecule has 0 aliphatic heterocycles. The second kappa shape index (κ2) is 60.5. The standard InChI is InChI=1S/C70H132O17P2/c1-8-10-11-12-13-14-15-16-17-18-19-23-29-37-44-51-67(72)80-58-66(87-70(75)54-47-40-33-32-35-42-49-62(5)6)60-85-89(78,79)83-56-64(71)55-82-88(76,77)84-59-65(57-81-68(73)52-45-38-30-26-25-27-34-41-48-61(3)4)86-69(74)53-46-39-31-24-21-20-22-28-36-43-50-63(7)9-2/h14-17,61-66,71H,8-13,18-60H2,1-7H3,(H,76,77)(H,78,79)/b15-14-,17-16-/t63?,64?,65-,66-/m1/s1. The molecule has 6 atom stereocenters. The van der Waals surface area contributed by atoms with E-state index in [9.17, 15) is 43.2 Å². The van der Waals surface area contributed by atoms with Crippen LogP contribution in [-0.2, 0) is 65.4 Å². The van der Waals surface area contributed by atoms with Crippen LogP contribution in [0.2, 0.25) is 0 Å². The van der Waals surface area contributed by atoms with Gasteiger partial charge in [-0.05, 0) is 69.1 Å². The summed E-state index contributed by atoms with van der Waals surface area (Å²) in [6, 6.07) is 0. The van der Waals surface area contributed by atoms with Crippen LogP contribution in [0.25, 0.3) is 0 Å². The van der Waals surface area contributed by atoms with Gasteiger partial charge in [-0.1, -0.05) is 272 Å². The van der Waals surface area contributed by atoms with Crippen LogP contribution in [-0.4, -0.2) is 96.7 Å². The molecule has 0 fully saturated rings. The minimum atomic E-state index is -4.96. The molecule has 89 heavy (non-hydrogen) atoms. The van der Waals surface area contributed by atoms with E-state index in [0.29, 0.717) is 31.6 Å². The molecular formula is C70H132O17P2. The highest BCUT2D eigenvalue weighted by atomic mass is 31.2. The summed E-state index contributed by atoms with van der Waals surface area (Å²) in [6.45, 7) is 11.7. The first-order valence-electron chi connectivity index (χ1n) is 35.7. The van der Waals surface area contributed by atoms with Crippen molar-refractivity contribution in [2.45, 2.75) is 343 Å². The zero-order valence-electron chi connectivity index (χ0n) is 57.4. The van der Waals surface area contributed by atoms with Gasteiger partial charge in [0, 0.05) is 25.7 Å². The van der Waals surface area contributed by atoms with E-state index in [2.05, 4.69) is 72.8 Å². The van der Waals surface area contributed by atoms with Gasteiger partial charge in [0.05, 0.1) is 26.4 Å². The lowest BCUT2D eigenvalue weighted by Crippen LogP contribution is -2.30. The second-order valence-electron chi connectivity index (χ2n) is 25.8. The minimum absolute atomic E-state index is 0.0948. The van der Waals surface area contributed by atoms with Gasteiger partial charge < -0.3 is 33.8 Å². The van der Waals surface area contributed by atoms with Crippen molar-refractivity contribution in [3.63, 3.8) is 0 Å². The molecule has 17 nitrogen and oxygen atoms in total. The Bertz CT molecular complexity index is 1840. The molecule has 0 aromatic heterocycles. The molecule has 0 amide bonds. The highest BCUT2D eigenvalue weighted by Gasteiger charge is 2.30. The number of aliphatic hydroxyl groups is 1. The van der Waals surface area contributed by atoms with Gasteiger partial charge in [-0.15, -0.1) is 0 Å². The van der Waals surface area contributed by atoms with Gasteiger partial charge in [0.15, 0.2) is 12.2 Å². The summed E-state index contributed by atoms with van der Waals surface area (Å²) in [5, 5.41) is 10.6. The van der Waals surface area contributed by atoms with Crippen molar-refractivity contribution in [2.75, 3.05) is 39.6 Å². The Labute approximate surface area is 542 Å². The third-order valence-electron chi connectivity index (χ3n) is 15.9. The first kappa shape index (κ1) is 86.5. The third-order valence-corrected chi connectivity index (χ3v) is 17.8. The fourth-order valence-corrected chi connectivity index (χ4v) is 11.5. The van der Waals surface area contributed by atoms with Crippen LogP contribution in [0, 0.1) is 17.8 Å². The van der Waals surface area contributed by atoms with Crippen LogP contribution < -0.4 is 0 Å². The number of carbonyl (C=O) groups is 4. The van der Waals surface area contributed by atoms with E-state index in [-0.39, 0.29) is 25.7 Å². The third kappa shape index (κ3) is 62.7. The molecule has 19 heteroatoms.